The van der Waals surface area contributed by atoms with Crippen molar-refractivity contribution in [2.75, 3.05) is 0 Å². The number of rotatable bonds is 5. The Hall–Kier alpha value is -0.748. The number of H-pyrrole nitrogens is 1. The van der Waals surface area contributed by atoms with Crippen LogP contribution in [0, 0.1) is 11.8 Å². The summed E-state index contributed by atoms with van der Waals surface area (Å²) in [5.41, 5.74) is 2.06. The number of hydrogen-bond donors (Lipinski definition) is 2. The van der Waals surface area contributed by atoms with Gasteiger partial charge in [-0.25, -0.2) is 0 Å². The number of aromatic nitrogens is 1. The monoisotopic (exact) mass is 289 g/mol. The van der Waals surface area contributed by atoms with Crippen LogP contribution in [0.3, 0.4) is 0 Å². The molecule has 0 aliphatic carbocycles. The summed E-state index contributed by atoms with van der Waals surface area (Å²) in [6.07, 6.45) is 1.88. The minimum absolute atomic E-state index is 0. The van der Waals surface area contributed by atoms with Gasteiger partial charge in [0, 0.05) is 17.1 Å². The maximum Gasteiger partial charge on any atom is 0.0688 e. The average molecular weight is 289 g/mol. The fourth-order valence-electron chi connectivity index (χ4n) is 2.05. The third-order valence-electron chi connectivity index (χ3n) is 3.13. The van der Waals surface area contributed by atoms with Crippen molar-refractivity contribution < 1.29 is 6.53 Å². The fraction of sp³-hybridized carbons (Fsp3) is 0.529. The third kappa shape index (κ3) is 6.14. The molecule has 0 saturated heterocycles. The van der Waals surface area contributed by atoms with Crippen LogP contribution in [0.15, 0.2) is 30.5 Å². The van der Waals surface area contributed by atoms with Crippen LogP contribution in [-0.2, 0) is 6.61 Å². The molecule has 0 fully saturated rings. The molecule has 110 valence electrons. The van der Waals surface area contributed by atoms with Gasteiger partial charge in [-0.2, -0.15) is 0 Å². The predicted molar refractivity (Wildman–Crippen MR) is 90.4 cm³/mol. The first-order valence-corrected chi connectivity index (χ1v) is 9.15. The summed E-state index contributed by atoms with van der Waals surface area (Å²) in [6, 6.07) is 7.83. The van der Waals surface area contributed by atoms with Gasteiger partial charge in [-0.15, -0.1) is 0 Å². The molecular formula is C17H28AlNO. The van der Waals surface area contributed by atoms with E-state index in [0.29, 0.717) is 0 Å². The molecule has 0 radical (unpaired) electrons. The van der Waals surface area contributed by atoms with Crippen molar-refractivity contribution in [1.29, 1.82) is 0 Å². The van der Waals surface area contributed by atoms with Crippen molar-refractivity contribution in [3.63, 3.8) is 0 Å². The van der Waals surface area contributed by atoms with E-state index >= 15 is 0 Å². The standard InChI is InChI=1S/C9H9NO.2C4H9.Al.H/c11-6-7-2-1-3-9-8(7)4-5-10-9;2*1-4(2)3;;/h1-5,10-11H,6H2;2*4H,1H2,2-3H3;;/q;;;+1;-1. The zero-order valence-electron chi connectivity index (χ0n) is 14.2. The molecule has 0 bridgehead atoms. The van der Waals surface area contributed by atoms with E-state index in [-0.39, 0.29) is 8.03 Å². The van der Waals surface area contributed by atoms with E-state index in [1.165, 1.54) is 10.6 Å². The molecule has 1 aromatic heterocycles. The van der Waals surface area contributed by atoms with Crippen LogP contribution in [0.4, 0.5) is 0 Å². The molecule has 0 aliphatic heterocycles. The molecule has 20 heavy (non-hydrogen) atoms. The average Bonchev–Trinajstić information content (AvgIpc) is 2.86. The molecule has 2 aromatic rings. The van der Waals surface area contributed by atoms with Crippen molar-refractivity contribution in [1.82, 2.24) is 4.98 Å². The van der Waals surface area contributed by atoms with Crippen molar-refractivity contribution >= 4 is 26.1 Å². The number of aliphatic hydroxyl groups excluding tert-OH is 1. The van der Waals surface area contributed by atoms with E-state index in [0.717, 1.165) is 43.5 Å². The minimum atomic E-state index is 0. The van der Waals surface area contributed by atoms with E-state index in [1.807, 2.05) is 30.5 Å². The van der Waals surface area contributed by atoms with Gasteiger partial charge >= 0.3 is 65.3 Å². The molecule has 0 amide bonds. The summed E-state index contributed by atoms with van der Waals surface area (Å²) in [5, 5.41) is 13.0. The molecule has 2 N–H and O–H groups in total. The summed E-state index contributed by atoms with van der Waals surface area (Å²) in [7, 11) is 0. The quantitative estimate of drug-likeness (QED) is 0.775. The summed E-state index contributed by atoms with van der Waals surface area (Å²) < 4.78 is 0. The van der Waals surface area contributed by atoms with Crippen LogP contribution in [0.5, 0.6) is 0 Å². The smallest absolute Gasteiger partial charge is 0.0688 e. The Balaban J connectivity index is 0.000000373. The maximum atomic E-state index is 8.94. The van der Waals surface area contributed by atoms with Gasteiger partial charge in [0.1, 0.15) is 0 Å². The molecule has 0 atom stereocenters. The number of aliphatic hydroxyl groups is 1. The summed E-state index contributed by atoms with van der Waals surface area (Å²) in [5.74, 6) is 1.86. The number of benzene rings is 1. The van der Waals surface area contributed by atoms with Crippen molar-refractivity contribution in [2.24, 2.45) is 11.8 Å². The molecule has 0 unspecified atom stereocenters. The fourth-order valence-corrected chi connectivity index (χ4v) is 3.58. The Bertz CT molecular complexity index is 488. The first kappa shape index (κ1) is 17.3. The zero-order valence-corrected chi connectivity index (χ0v) is 14.3. The Morgan fingerprint density at radius 1 is 1.10 bits per heavy atom. The van der Waals surface area contributed by atoms with Gasteiger partial charge in [0.15, 0.2) is 0 Å². The van der Waals surface area contributed by atoms with E-state index in [4.69, 9.17) is 5.11 Å². The number of aromatic amines is 1. The van der Waals surface area contributed by atoms with Crippen LogP contribution in [0.1, 0.15) is 34.7 Å². The third-order valence-corrected chi connectivity index (χ3v) is 5.68. The SMILES string of the molecule is CC(C)[CH2][Al+][CH2]C(C)C.OCc1cccc2[nH]ccc12.[H-]. The molecular weight excluding hydrogens is 261 g/mol. The molecule has 1 heterocycles. The molecule has 0 spiro atoms. The van der Waals surface area contributed by atoms with Gasteiger partial charge < -0.3 is 11.5 Å². The zero-order chi connectivity index (χ0) is 15.0. The summed E-state index contributed by atoms with van der Waals surface area (Å²) in [4.78, 5) is 3.08. The maximum absolute atomic E-state index is 8.94. The normalized spacial score (nSPS) is 10.6. The second-order valence-electron chi connectivity index (χ2n) is 6.06. The molecule has 1 aromatic carbocycles. The second kappa shape index (κ2) is 9.24. The largest absolute Gasteiger partial charge is 1.00 e. The van der Waals surface area contributed by atoms with Crippen LogP contribution < -0.4 is 0 Å². The summed E-state index contributed by atoms with van der Waals surface area (Å²) in [6.45, 7) is 9.36. The van der Waals surface area contributed by atoms with Crippen LogP contribution >= 0.6 is 0 Å². The Morgan fingerprint density at radius 2 is 1.75 bits per heavy atom. The Labute approximate surface area is 130 Å². The first-order chi connectivity index (χ1) is 9.54. The molecule has 2 rings (SSSR count). The van der Waals surface area contributed by atoms with Gasteiger partial charge in [-0.05, 0) is 17.7 Å². The second-order valence-corrected chi connectivity index (χ2v) is 7.58. The van der Waals surface area contributed by atoms with Gasteiger partial charge in [-0.1, -0.05) is 12.1 Å². The Morgan fingerprint density at radius 3 is 2.30 bits per heavy atom. The van der Waals surface area contributed by atoms with Crippen molar-refractivity contribution in [3.05, 3.63) is 36.0 Å². The van der Waals surface area contributed by atoms with Crippen LogP contribution in [0.25, 0.3) is 10.9 Å². The molecule has 0 aliphatic rings. The summed E-state index contributed by atoms with van der Waals surface area (Å²) >= 11 is 0.755. The molecule has 0 saturated carbocycles. The molecule has 3 heteroatoms. The minimum Gasteiger partial charge on any atom is -1.00 e. The van der Waals surface area contributed by atoms with Crippen molar-refractivity contribution in [2.45, 2.75) is 44.9 Å². The first-order valence-electron chi connectivity index (χ1n) is 7.52. The van der Waals surface area contributed by atoms with Gasteiger partial charge in [0.05, 0.1) is 6.61 Å². The predicted octanol–water partition coefficient (Wildman–Crippen LogP) is 4.61. The van der Waals surface area contributed by atoms with E-state index < -0.39 is 0 Å². The topological polar surface area (TPSA) is 36.0 Å². The van der Waals surface area contributed by atoms with Crippen LogP contribution in [-0.4, -0.2) is 25.3 Å². The van der Waals surface area contributed by atoms with Gasteiger partial charge in [0.2, 0.25) is 0 Å². The Kier molecular flexibility index (Phi) is 7.99. The van der Waals surface area contributed by atoms with E-state index in [9.17, 15) is 0 Å². The van der Waals surface area contributed by atoms with Crippen molar-refractivity contribution in [3.8, 4) is 0 Å². The van der Waals surface area contributed by atoms with E-state index in [2.05, 4.69) is 32.7 Å². The van der Waals surface area contributed by atoms with Crippen LogP contribution in [0.2, 0.25) is 10.6 Å². The van der Waals surface area contributed by atoms with Gasteiger partial charge in [0.25, 0.3) is 0 Å². The van der Waals surface area contributed by atoms with E-state index in [1.54, 1.807) is 0 Å². The number of nitrogens with one attached hydrogen (secondary N) is 1. The number of hydrogen-bond acceptors (Lipinski definition) is 1. The molecule has 2 nitrogen and oxygen atoms in total. The number of fused-ring (bicyclic) bond motifs is 1. The van der Waals surface area contributed by atoms with Gasteiger partial charge in [-0.3, -0.25) is 0 Å².